The smallest absolute Gasteiger partial charge is 0.263 e. The van der Waals surface area contributed by atoms with Gasteiger partial charge in [0.15, 0.2) is 5.82 Å². The molecule has 0 aliphatic rings. The second-order valence-electron chi connectivity index (χ2n) is 6.31. The summed E-state index contributed by atoms with van der Waals surface area (Å²) in [6, 6.07) is 5.98. The molecule has 132 valence electrons. The van der Waals surface area contributed by atoms with Crippen LogP contribution in [0.5, 0.6) is 0 Å². The zero-order valence-corrected chi connectivity index (χ0v) is 14.6. The van der Waals surface area contributed by atoms with Gasteiger partial charge in [0.25, 0.3) is 5.91 Å². The van der Waals surface area contributed by atoms with E-state index in [0.29, 0.717) is 5.82 Å². The largest absolute Gasteiger partial charge is 0.273 e. The van der Waals surface area contributed by atoms with E-state index in [1.165, 1.54) is 31.1 Å². The van der Waals surface area contributed by atoms with Crippen LogP contribution in [0.4, 0.5) is 0 Å². The third kappa shape index (κ3) is 5.27. The Bertz CT molecular complexity index is 896. The Morgan fingerprint density at radius 2 is 1.88 bits per heavy atom. The van der Waals surface area contributed by atoms with Gasteiger partial charge in [-0.05, 0) is 26.0 Å². The number of amides is 2. The van der Waals surface area contributed by atoms with Gasteiger partial charge in [-0.15, -0.1) is 5.10 Å². The van der Waals surface area contributed by atoms with Crippen molar-refractivity contribution in [2.45, 2.75) is 34.5 Å². The quantitative estimate of drug-likeness (QED) is 0.660. The van der Waals surface area contributed by atoms with Gasteiger partial charge in [-0.2, -0.15) is 0 Å². The van der Waals surface area contributed by atoms with Crippen LogP contribution in [0.1, 0.15) is 35.9 Å². The Kier molecular flexibility index (Phi) is 4.20. The lowest BCUT2D eigenvalue weighted by atomic mass is 9.96. The van der Waals surface area contributed by atoms with Crippen LogP contribution in [-0.2, 0) is 9.59 Å². The maximum absolute atomic E-state index is 12.0. The van der Waals surface area contributed by atoms with Crippen LogP contribution >= 0.6 is 0 Å². The fraction of sp³-hybridized carbons (Fsp3) is 0.333. The summed E-state index contributed by atoms with van der Waals surface area (Å²) in [7, 11) is 0. The van der Waals surface area contributed by atoms with Crippen LogP contribution in [0.3, 0.4) is 0 Å². The van der Waals surface area contributed by atoms with Gasteiger partial charge in [-0.3, -0.25) is 20.4 Å². The third-order valence-electron chi connectivity index (χ3n) is 3.23. The van der Waals surface area contributed by atoms with Crippen molar-refractivity contribution in [3.63, 3.8) is 0 Å². The molecule has 0 aliphatic heterocycles. The van der Waals surface area contributed by atoms with Crippen LogP contribution in [0.2, 0.25) is 0 Å². The van der Waals surface area contributed by atoms with E-state index in [2.05, 4.69) is 20.9 Å². The van der Waals surface area contributed by atoms with Crippen molar-refractivity contribution in [1.29, 1.82) is 0 Å². The molecule has 1 heterocycles. The lowest BCUT2D eigenvalue weighted by molar-refractivity contribution is -0.132. The summed E-state index contributed by atoms with van der Waals surface area (Å²) in [5.74, 6) is -0.935. The predicted octanol–water partition coefficient (Wildman–Crippen LogP) is 2.23. The number of carbonyl (C=O) groups excluding carboxylic acids is 2. The summed E-state index contributed by atoms with van der Waals surface area (Å²) in [5.41, 5.74) is 5.68. The molecule has 0 saturated carbocycles. The lowest BCUT2D eigenvalue weighted by Gasteiger charge is -2.17. The SMILES string of the molecule is [2H]C([2H])([2H])C(C)(C)C(=O)NNC(=O)/C=C\n1cnc(-c2cc(C)cc(C)c2)n1. The molecule has 0 spiro atoms. The molecule has 25 heavy (non-hydrogen) atoms. The molecule has 0 bridgehead atoms. The maximum Gasteiger partial charge on any atom is 0.263 e. The van der Waals surface area contributed by atoms with Crippen molar-refractivity contribution in [1.82, 2.24) is 25.6 Å². The van der Waals surface area contributed by atoms with Crippen LogP contribution in [0, 0.1) is 19.3 Å². The average Bonchev–Trinajstić information content (AvgIpc) is 3.05. The molecule has 7 nitrogen and oxygen atoms in total. The Hall–Kier alpha value is -2.96. The molecule has 2 aromatic rings. The molecule has 2 N–H and O–H groups in total. The molecule has 2 rings (SSSR count). The first-order valence-electron chi connectivity index (χ1n) is 9.18. The summed E-state index contributed by atoms with van der Waals surface area (Å²) in [4.78, 5) is 28.0. The van der Waals surface area contributed by atoms with Crippen molar-refractivity contribution in [3.05, 3.63) is 41.7 Å². The van der Waals surface area contributed by atoms with E-state index in [4.69, 9.17) is 4.11 Å². The number of hydrogen-bond donors (Lipinski definition) is 2. The highest BCUT2D eigenvalue weighted by atomic mass is 16.2. The van der Waals surface area contributed by atoms with Gasteiger partial charge in [0.1, 0.15) is 6.33 Å². The van der Waals surface area contributed by atoms with Crippen LogP contribution < -0.4 is 10.9 Å². The molecule has 7 heteroatoms. The minimum absolute atomic E-state index is 0.518. The summed E-state index contributed by atoms with van der Waals surface area (Å²) >= 11 is 0. The first kappa shape index (κ1) is 14.4. The number of benzene rings is 1. The summed E-state index contributed by atoms with van der Waals surface area (Å²) in [6.45, 7) is 4.03. The first-order valence-corrected chi connectivity index (χ1v) is 7.68. The Labute approximate surface area is 151 Å². The highest BCUT2D eigenvalue weighted by molar-refractivity contribution is 5.92. The van der Waals surface area contributed by atoms with Gasteiger partial charge in [-0.25, -0.2) is 9.67 Å². The van der Waals surface area contributed by atoms with E-state index in [1.807, 2.05) is 32.0 Å². The Balaban J connectivity index is 1.98. The van der Waals surface area contributed by atoms with Crippen LogP contribution in [0.25, 0.3) is 17.6 Å². The molecular weight excluding hydrogens is 318 g/mol. The predicted molar refractivity (Wildman–Crippen MR) is 96.0 cm³/mol. The van der Waals surface area contributed by atoms with E-state index in [-0.39, 0.29) is 0 Å². The van der Waals surface area contributed by atoms with Gasteiger partial charge >= 0.3 is 0 Å². The standard InChI is InChI=1S/C18H23N5O2/c1-12-8-13(2)10-14(9-12)16-19-11-23(22-16)7-6-15(24)20-21-17(25)18(3,4)5/h6-11H,1-5H3,(H,20,24)(H,21,25)/b7-6-/i3D3. The number of aryl methyl sites for hydroxylation is 2. The molecule has 0 radical (unpaired) electrons. The van der Waals surface area contributed by atoms with Crippen molar-refractivity contribution in [2.75, 3.05) is 0 Å². The van der Waals surface area contributed by atoms with E-state index in [0.717, 1.165) is 22.8 Å². The summed E-state index contributed by atoms with van der Waals surface area (Å²) in [6.07, 6.45) is 3.96. The van der Waals surface area contributed by atoms with Crippen molar-refractivity contribution < 1.29 is 13.7 Å². The molecule has 0 unspecified atom stereocenters. The van der Waals surface area contributed by atoms with Gasteiger partial charge < -0.3 is 0 Å². The van der Waals surface area contributed by atoms with Crippen LogP contribution in [-0.4, -0.2) is 26.6 Å². The number of nitrogens with zero attached hydrogens (tertiary/aromatic N) is 3. The maximum atomic E-state index is 12.0. The fourth-order valence-corrected chi connectivity index (χ4v) is 2.04. The molecule has 0 saturated heterocycles. The molecule has 2 amide bonds. The highest BCUT2D eigenvalue weighted by Crippen LogP contribution is 2.18. The van der Waals surface area contributed by atoms with Crippen LogP contribution in [0.15, 0.2) is 30.6 Å². The van der Waals surface area contributed by atoms with E-state index < -0.39 is 24.1 Å². The number of carbonyl (C=O) groups is 2. The lowest BCUT2D eigenvalue weighted by Crippen LogP contribution is -2.46. The molecule has 0 atom stereocenters. The van der Waals surface area contributed by atoms with Gasteiger partial charge in [0, 0.05) is 27.4 Å². The first-order chi connectivity index (χ1) is 12.9. The normalized spacial score (nSPS) is 13.8. The van der Waals surface area contributed by atoms with Crippen molar-refractivity contribution in [2.24, 2.45) is 5.41 Å². The summed E-state index contributed by atoms with van der Waals surface area (Å²) in [5, 5.41) is 4.28. The minimum atomic E-state index is -2.50. The second-order valence-corrected chi connectivity index (χ2v) is 6.31. The Morgan fingerprint density at radius 3 is 2.52 bits per heavy atom. The number of rotatable bonds is 3. The van der Waals surface area contributed by atoms with E-state index >= 15 is 0 Å². The van der Waals surface area contributed by atoms with E-state index in [1.54, 1.807) is 0 Å². The number of nitrogens with one attached hydrogen (secondary N) is 2. The monoisotopic (exact) mass is 344 g/mol. The molecule has 0 fully saturated rings. The van der Waals surface area contributed by atoms with Gasteiger partial charge in [-0.1, -0.05) is 37.9 Å². The third-order valence-corrected chi connectivity index (χ3v) is 3.23. The van der Waals surface area contributed by atoms with Gasteiger partial charge in [0.2, 0.25) is 5.91 Å². The number of hydrazine groups is 1. The second kappa shape index (κ2) is 7.29. The number of hydrogen-bond acceptors (Lipinski definition) is 4. The summed E-state index contributed by atoms with van der Waals surface area (Å²) < 4.78 is 23.5. The van der Waals surface area contributed by atoms with E-state index in [9.17, 15) is 9.59 Å². The van der Waals surface area contributed by atoms with Crippen molar-refractivity contribution >= 4 is 18.0 Å². The molecule has 0 aliphatic carbocycles. The number of aromatic nitrogens is 3. The minimum Gasteiger partial charge on any atom is -0.273 e. The molecule has 1 aromatic heterocycles. The van der Waals surface area contributed by atoms with Gasteiger partial charge in [0.05, 0.1) is 0 Å². The molecule has 1 aromatic carbocycles. The highest BCUT2D eigenvalue weighted by Gasteiger charge is 2.21. The van der Waals surface area contributed by atoms with Crippen molar-refractivity contribution in [3.8, 4) is 11.4 Å². The average molecular weight is 344 g/mol. The topological polar surface area (TPSA) is 88.9 Å². The zero-order chi connectivity index (χ0) is 21.1. The zero-order valence-electron chi connectivity index (χ0n) is 17.6. The Morgan fingerprint density at radius 1 is 1.20 bits per heavy atom. The molecular formula is C18H23N5O2. The fourth-order valence-electron chi connectivity index (χ4n) is 2.04.